The summed E-state index contributed by atoms with van der Waals surface area (Å²) in [6, 6.07) is 18.2. The van der Waals surface area contributed by atoms with Gasteiger partial charge in [-0.1, -0.05) is 43.7 Å². The highest BCUT2D eigenvalue weighted by molar-refractivity contribution is 5.83. The maximum Gasteiger partial charge on any atom is 0.240 e. The van der Waals surface area contributed by atoms with Gasteiger partial charge in [0.25, 0.3) is 0 Å². The third-order valence-electron chi connectivity index (χ3n) is 10.7. The van der Waals surface area contributed by atoms with Crippen molar-refractivity contribution in [2.45, 2.75) is 63.6 Å². The molecule has 3 aliphatic rings. The lowest BCUT2D eigenvalue weighted by Crippen LogP contribution is -2.51. The van der Waals surface area contributed by atoms with Crippen LogP contribution in [-0.4, -0.2) is 69.8 Å². The summed E-state index contributed by atoms with van der Waals surface area (Å²) in [5, 5.41) is 0. The lowest BCUT2D eigenvalue weighted by Gasteiger charge is -2.49. The van der Waals surface area contributed by atoms with E-state index in [-0.39, 0.29) is 11.9 Å². The van der Waals surface area contributed by atoms with Crippen molar-refractivity contribution < 1.29 is 23.7 Å². The fraction of sp³-hybridized carbons (Fsp3) is 0.500. The molecule has 0 spiro atoms. The van der Waals surface area contributed by atoms with Gasteiger partial charge in [0.1, 0.15) is 0 Å². The molecule has 0 aliphatic carbocycles. The van der Waals surface area contributed by atoms with Gasteiger partial charge in [0, 0.05) is 25.7 Å². The van der Waals surface area contributed by atoms with E-state index in [1.165, 1.54) is 16.7 Å². The van der Waals surface area contributed by atoms with E-state index in [0.717, 1.165) is 73.6 Å². The average Bonchev–Trinajstić information content (AvgIpc) is 3.10. The summed E-state index contributed by atoms with van der Waals surface area (Å²) in [5.41, 5.74) is 12.8. The summed E-state index contributed by atoms with van der Waals surface area (Å²) < 4.78 is 22.8. The number of rotatable bonds is 10. The topological polar surface area (TPSA) is 86.5 Å². The molecule has 0 unspecified atom stereocenters. The third kappa shape index (κ3) is 6.17. The first-order valence-electron chi connectivity index (χ1n) is 16.7. The first kappa shape index (κ1) is 32.2. The van der Waals surface area contributed by atoms with Crippen molar-refractivity contribution in [3.63, 3.8) is 0 Å². The molecule has 6 rings (SSSR count). The van der Waals surface area contributed by atoms with E-state index in [1.54, 1.807) is 28.4 Å². The number of methoxy groups -OCH3 is 4. The molecule has 246 valence electrons. The molecule has 3 aliphatic heterocycles. The Balaban J connectivity index is 1.34. The standard InChI is InChI=1S/C38H49N3O5/c1-6-25-23-40-14-12-26-19-34(43-2)36(45-4)21-29(26)32(40)17-28(25)18-33-30-22-37(46-5)35(44-3)20-27(30)13-15-41(33)38(42)31(39)16-24-10-8-7-9-11-24/h7-11,19-22,25,28,31-33H,6,12-18,23,39H2,1-5H3/t25-,28+,31+,32-,33+/m0/s1. The van der Waals surface area contributed by atoms with Gasteiger partial charge >= 0.3 is 0 Å². The highest BCUT2D eigenvalue weighted by Crippen LogP contribution is 2.49. The zero-order chi connectivity index (χ0) is 32.4. The van der Waals surface area contributed by atoms with Gasteiger partial charge in [-0.3, -0.25) is 9.69 Å². The summed E-state index contributed by atoms with van der Waals surface area (Å²) >= 11 is 0. The Morgan fingerprint density at radius 2 is 1.41 bits per heavy atom. The molecule has 0 aromatic heterocycles. The molecule has 3 heterocycles. The van der Waals surface area contributed by atoms with E-state index in [9.17, 15) is 4.79 Å². The molecule has 1 saturated heterocycles. The van der Waals surface area contributed by atoms with Gasteiger partial charge in [0.2, 0.25) is 5.91 Å². The number of ether oxygens (including phenoxy) is 4. The van der Waals surface area contributed by atoms with Crippen LogP contribution in [0.1, 0.15) is 66.1 Å². The molecule has 8 heteroatoms. The number of carbonyl (C=O) groups is 1. The van der Waals surface area contributed by atoms with Crippen LogP contribution < -0.4 is 24.7 Å². The Morgan fingerprint density at radius 1 is 0.826 bits per heavy atom. The van der Waals surface area contributed by atoms with Gasteiger partial charge in [0.05, 0.1) is 40.5 Å². The molecular weight excluding hydrogens is 578 g/mol. The third-order valence-corrected chi connectivity index (χ3v) is 10.7. The van der Waals surface area contributed by atoms with E-state index < -0.39 is 6.04 Å². The molecule has 1 fully saturated rings. The predicted molar refractivity (Wildman–Crippen MR) is 180 cm³/mol. The highest BCUT2D eigenvalue weighted by atomic mass is 16.5. The Labute approximate surface area is 273 Å². The number of hydrogen-bond acceptors (Lipinski definition) is 7. The summed E-state index contributed by atoms with van der Waals surface area (Å²) in [6.45, 7) is 5.03. The first-order valence-corrected chi connectivity index (χ1v) is 16.7. The molecule has 8 nitrogen and oxygen atoms in total. The van der Waals surface area contributed by atoms with E-state index in [2.05, 4.69) is 41.0 Å². The number of amides is 1. The fourth-order valence-corrected chi connectivity index (χ4v) is 8.26. The van der Waals surface area contributed by atoms with Crippen LogP contribution in [-0.2, 0) is 24.1 Å². The molecular formula is C38H49N3O5. The second-order valence-corrected chi connectivity index (χ2v) is 13.1. The minimum atomic E-state index is -0.608. The van der Waals surface area contributed by atoms with Crippen LogP contribution in [0.2, 0.25) is 0 Å². The van der Waals surface area contributed by atoms with Gasteiger partial charge in [-0.05, 0) is 96.0 Å². The van der Waals surface area contributed by atoms with E-state index >= 15 is 0 Å². The molecule has 0 bridgehead atoms. The number of hydrogen-bond donors (Lipinski definition) is 1. The number of piperidine rings is 1. The van der Waals surface area contributed by atoms with Crippen molar-refractivity contribution in [1.82, 2.24) is 9.80 Å². The normalized spacial score (nSPS) is 23.0. The number of benzene rings is 3. The van der Waals surface area contributed by atoms with Crippen LogP contribution in [0.25, 0.3) is 0 Å². The number of fused-ring (bicyclic) bond motifs is 4. The van der Waals surface area contributed by atoms with Crippen LogP contribution in [0.3, 0.4) is 0 Å². The minimum absolute atomic E-state index is 0.0135. The van der Waals surface area contributed by atoms with Crippen molar-refractivity contribution >= 4 is 5.91 Å². The molecule has 46 heavy (non-hydrogen) atoms. The van der Waals surface area contributed by atoms with E-state index in [1.807, 2.05) is 30.3 Å². The van der Waals surface area contributed by atoms with Gasteiger partial charge in [-0.15, -0.1) is 0 Å². The Kier molecular flexibility index (Phi) is 9.76. The van der Waals surface area contributed by atoms with E-state index in [0.29, 0.717) is 36.6 Å². The van der Waals surface area contributed by atoms with E-state index in [4.69, 9.17) is 24.7 Å². The molecule has 3 aromatic carbocycles. The van der Waals surface area contributed by atoms with Gasteiger partial charge < -0.3 is 29.6 Å². The smallest absolute Gasteiger partial charge is 0.240 e. The quantitative estimate of drug-likeness (QED) is 0.306. The molecule has 1 amide bonds. The maximum absolute atomic E-state index is 14.2. The summed E-state index contributed by atoms with van der Waals surface area (Å²) in [4.78, 5) is 19.0. The van der Waals surface area contributed by atoms with Gasteiger partial charge in [-0.25, -0.2) is 0 Å². The first-order chi connectivity index (χ1) is 22.4. The second kappa shape index (κ2) is 13.9. The van der Waals surface area contributed by atoms with Gasteiger partial charge in [0.15, 0.2) is 23.0 Å². The number of carbonyl (C=O) groups excluding carboxylic acids is 1. The fourth-order valence-electron chi connectivity index (χ4n) is 8.26. The van der Waals surface area contributed by atoms with Crippen molar-refractivity contribution in [1.29, 1.82) is 0 Å². The SMILES string of the molecule is CC[C@H]1CN2CCc3cc(OC)c(OC)cc3[C@@H]2C[C@@H]1C[C@@H]1c2cc(OC)c(OC)cc2CCN1C(=O)[C@H](N)Cc1ccccc1. The van der Waals surface area contributed by atoms with Gasteiger partial charge in [-0.2, -0.15) is 0 Å². The lowest BCUT2D eigenvalue weighted by atomic mass is 9.72. The Bertz CT molecular complexity index is 1530. The lowest BCUT2D eigenvalue weighted by molar-refractivity contribution is -0.136. The molecule has 2 N–H and O–H groups in total. The van der Waals surface area contributed by atoms with Crippen LogP contribution >= 0.6 is 0 Å². The van der Waals surface area contributed by atoms with Crippen molar-refractivity contribution in [2.75, 3.05) is 48.1 Å². The summed E-state index contributed by atoms with van der Waals surface area (Å²) in [6.07, 6.45) is 5.27. The van der Waals surface area contributed by atoms with Crippen LogP contribution in [0.15, 0.2) is 54.6 Å². The summed E-state index contributed by atoms with van der Waals surface area (Å²) in [5.74, 6) is 3.94. The van der Waals surface area contributed by atoms with Crippen molar-refractivity contribution in [3.05, 3.63) is 82.4 Å². The minimum Gasteiger partial charge on any atom is -0.493 e. The Hall–Kier alpha value is -3.75. The maximum atomic E-state index is 14.2. The molecule has 0 saturated carbocycles. The number of nitrogens with two attached hydrogens (primary N) is 1. The molecule has 3 aromatic rings. The van der Waals surface area contributed by atoms with Crippen LogP contribution in [0, 0.1) is 11.8 Å². The second-order valence-electron chi connectivity index (χ2n) is 13.1. The highest BCUT2D eigenvalue weighted by Gasteiger charge is 2.42. The largest absolute Gasteiger partial charge is 0.493 e. The molecule has 5 atom stereocenters. The average molecular weight is 628 g/mol. The van der Waals surface area contributed by atoms with Crippen molar-refractivity contribution in [2.24, 2.45) is 17.6 Å². The Morgan fingerprint density at radius 3 is 2.04 bits per heavy atom. The predicted octanol–water partition coefficient (Wildman–Crippen LogP) is 5.75. The van der Waals surface area contributed by atoms with Crippen molar-refractivity contribution in [3.8, 4) is 23.0 Å². The molecule has 0 radical (unpaired) electrons. The van der Waals surface area contributed by atoms with Crippen LogP contribution in [0.5, 0.6) is 23.0 Å². The monoisotopic (exact) mass is 627 g/mol. The zero-order valence-corrected chi connectivity index (χ0v) is 28.0. The zero-order valence-electron chi connectivity index (χ0n) is 28.0. The van der Waals surface area contributed by atoms with Crippen LogP contribution in [0.4, 0.5) is 0 Å². The number of nitrogens with zero attached hydrogens (tertiary/aromatic N) is 2. The summed E-state index contributed by atoms with van der Waals surface area (Å²) in [7, 11) is 6.76.